The van der Waals surface area contributed by atoms with E-state index in [1.54, 1.807) is 0 Å². The van der Waals surface area contributed by atoms with Crippen molar-refractivity contribution in [2.24, 2.45) is 0 Å². The summed E-state index contributed by atoms with van der Waals surface area (Å²) >= 11 is 0. The van der Waals surface area contributed by atoms with Crippen LogP contribution in [-0.4, -0.2) is 38.0 Å². The summed E-state index contributed by atoms with van der Waals surface area (Å²) in [6, 6.07) is 0. The molecule has 0 unspecified atom stereocenters. The quantitative estimate of drug-likeness (QED) is 0.437. The lowest BCUT2D eigenvalue weighted by atomic mass is 10.0. The Morgan fingerprint density at radius 1 is 0.652 bits per heavy atom. The Balaban J connectivity index is 0.000000664. The molecule has 0 amide bonds. The van der Waals surface area contributed by atoms with Crippen LogP contribution in [0.3, 0.4) is 0 Å². The summed E-state index contributed by atoms with van der Waals surface area (Å²) in [5.74, 6) is 0. The number of ether oxygens (including phenoxy) is 1. The number of aliphatic hydroxyl groups excluding tert-OH is 1. The Hall–Kier alpha value is -0.120. The molecule has 0 saturated carbocycles. The van der Waals surface area contributed by atoms with Crippen molar-refractivity contribution in [2.45, 2.75) is 96.8 Å². The standard InChI is InChI=1S/C16H34O.C4H9NO/c1-2-3-4-5-6-7-8-9-10-11-12-13-14-15-16-17;1-3-6-4-2-5-1/h17H,2-16H2,1H3;5H,1-4H2. The molecule has 3 nitrogen and oxygen atoms in total. The number of aliphatic hydroxyl groups is 1. The first-order valence-electron chi connectivity index (χ1n) is 10.3. The Kier molecular flexibility index (Phi) is 21.8. The first kappa shape index (κ1) is 22.9. The minimum atomic E-state index is 0.373. The van der Waals surface area contributed by atoms with Gasteiger partial charge in [-0.05, 0) is 6.42 Å². The third-order valence-corrected chi connectivity index (χ3v) is 4.36. The molecule has 0 aromatic heterocycles. The molecule has 1 heterocycles. The van der Waals surface area contributed by atoms with Gasteiger partial charge in [-0.3, -0.25) is 0 Å². The normalized spacial score (nSPS) is 14.3. The van der Waals surface area contributed by atoms with E-state index >= 15 is 0 Å². The Morgan fingerprint density at radius 3 is 1.30 bits per heavy atom. The van der Waals surface area contributed by atoms with Gasteiger partial charge in [-0.1, -0.05) is 90.4 Å². The van der Waals surface area contributed by atoms with Crippen molar-refractivity contribution in [1.29, 1.82) is 0 Å². The number of hydrogen-bond acceptors (Lipinski definition) is 3. The number of morpholine rings is 1. The summed E-state index contributed by atoms with van der Waals surface area (Å²) in [4.78, 5) is 0. The van der Waals surface area contributed by atoms with E-state index in [-0.39, 0.29) is 0 Å². The van der Waals surface area contributed by atoms with Crippen molar-refractivity contribution in [3.05, 3.63) is 0 Å². The summed E-state index contributed by atoms with van der Waals surface area (Å²) in [5, 5.41) is 11.8. The molecule has 1 rings (SSSR count). The smallest absolute Gasteiger partial charge is 0.0591 e. The predicted octanol–water partition coefficient (Wildman–Crippen LogP) is 5.07. The average Bonchev–Trinajstić information content (AvgIpc) is 2.61. The molecule has 0 aromatic carbocycles. The summed E-state index contributed by atoms with van der Waals surface area (Å²) in [6.07, 6.45) is 19.2. The Bertz CT molecular complexity index is 171. The molecule has 0 radical (unpaired) electrons. The van der Waals surface area contributed by atoms with Crippen LogP contribution in [0.15, 0.2) is 0 Å². The molecule has 140 valence electrons. The van der Waals surface area contributed by atoms with Gasteiger partial charge in [0.25, 0.3) is 0 Å². The van der Waals surface area contributed by atoms with E-state index in [2.05, 4.69) is 12.2 Å². The summed E-state index contributed by atoms with van der Waals surface area (Å²) < 4.78 is 5.01. The topological polar surface area (TPSA) is 41.5 Å². The molecule has 1 aliphatic heterocycles. The highest BCUT2D eigenvalue weighted by molar-refractivity contribution is 4.50. The van der Waals surface area contributed by atoms with Crippen molar-refractivity contribution >= 4 is 0 Å². The average molecular weight is 330 g/mol. The Morgan fingerprint density at radius 2 is 1.04 bits per heavy atom. The van der Waals surface area contributed by atoms with Gasteiger partial charge < -0.3 is 15.2 Å². The van der Waals surface area contributed by atoms with Crippen LogP contribution in [0.25, 0.3) is 0 Å². The SMILES string of the molecule is C1COCCN1.CCCCCCCCCCCCCCCCO. The minimum absolute atomic E-state index is 0.373. The number of unbranched alkanes of at least 4 members (excludes halogenated alkanes) is 13. The maximum Gasteiger partial charge on any atom is 0.0591 e. The maximum atomic E-state index is 8.64. The first-order valence-corrected chi connectivity index (χ1v) is 10.3. The highest BCUT2D eigenvalue weighted by atomic mass is 16.5. The van der Waals surface area contributed by atoms with Crippen LogP contribution in [0.1, 0.15) is 96.8 Å². The highest BCUT2D eigenvalue weighted by Crippen LogP contribution is 2.12. The van der Waals surface area contributed by atoms with E-state index in [4.69, 9.17) is 9.84 Å². The fourth-order valence-electron chi connectivity index (χ4n) is 2.82. The largest absolute Gasteiger partial charge is 0.396 e. The van der Waals surface area contributed by atoms with E-state index < -0.39 is 0 Å². The van der Waals surface area contributed by atoms with Crippen LogP contribution in [0.2, 0.25) is 0 Å². The van der Waals surface area contributed by atoms with Crippen molar-refractivity contribution < 1.29 is 9.84 Å². The zero-order valence-corrected chi connectivity index (χ0v) is 15.8. The summed E-state index contributed by atoms with van der Waals surface area (Å²) in [6.45, 7) is 6.48. The minimum Gasteiger partial charge on any atom is -0.396 e. The van der Waals surface area contributed by atoms with Gasteiger partial charge in [-0.2, -0.15) is 0 Å². The zero-order chi connectivity index (χ0) is 16.8. The van der Waals surface area contributed by atoms with Gasteiger partial charge in [-0.25, -0.2) is 0 Å². The highest BCUT2D eigenvalue weighted by Gasteiger charge is 1.94. The third kappa shape index (κ3) is 21.9. The van der Waals surface area contributed by atoms with Gasteiger partial charge in [-0.15, -0.1) is 0 Å². The molecular weight excluding hydrogens is 286 g/mol. The van der Waals surface area contributed by atoms with Crippen molar-refractivity contribution in [3.8, 4) is 0 Å². The second kappa shape index (κ2) is 21.9. The van der Waals surface area contributed by atoms with Gasteiger partial charge in [0, 0.05) is 19.7 Å². The van der Waals surface area contributed by atoms with Crippen LogP contribution >= 0.6 is 0 Å². The Labute approximate surface area is 145 Å². The summed E-state index contributed by atoms with van der Waals surface area (Å²) in [7, 11) is 0. The van der Waals surface area contributed by atoms with Gasteiger partial charge >= 0.3 is 0 Å². The molecule has 0 aromatic rings. The van der Waals surface area contributed by atoms with Crippen molar-refractivity contribution in [3.63, 3.8) is 0 Å². The molecule has 0 bridgehead atoms. The van der Waals surface area contributed by atoms with Gasteiger partial charge in [0.1, 0.15) is 0 Å². The lowest BCUT2D eigenvalue weighted by Crippen LogP contribution is -2.30. The van der Waals surface area contributed by atoms with Crippen LogP contribution in [0.4, 0.5) is 0 Å². The second-order valence-corrected chi connectivity index (χ2v) is 6.68. The van der Waals surface area contributed by atoms with E-state index in [9.17, 15) is 0 Å². The lowest BCUT2D eigenvalue weighted by Gasteiger charge is -2.10. The molecule has 3 heteroatoms. The molecular formula is C20H43NO2. The van der Waals surface area contributed by atoms with Gasteiger partial charge in [0.2, 0.25) is 0 Å². The molecule has 1 aliphatic rings. The van der Waals surface area contributed by atoms with E-state index in [1.807, 2.05) is 0 Å². The van der Waals surface area contributed by atoms with Gasteiger partial charge in [0.05, 0.1) is 13.2 Å². The second-order valence-electron chi connectivity index (χ2n) is 6.68. The molecule has 0 aliphatic carbocycles. The number of rotatable bonds is 14. The van der Waals surface area contributed by atoms with Gasteiger partial charge in [0.15, 0.2) is 0 Å². The fourth-order valence-corrected chi connectivity index (χ4v) is 2.82. The van der Waals surface area contributed by atoms with E-state index in [0.29, 0.717) is 6.61 Å². The maximum absolute atomic E-state index is 8.64. The van der Waals surface area contributed by atoms with E-state index in [0.717, 1.165) is 32.7 Å². The molecule has 2 N–H and O–H groups in total. The molecule has 1 fully saturated rings. The first-order chi connectivity index (χ1) is 11.4. The monoisotopic (exact) mass is 329 g/mol. The van der Waals surface area contributed by atoms with Crippen LogP contribution in [0, 0.1) is 0 Å². The number of nitrogens with one attached hydrogen (secondary N) is 1. The summed E-state index contributed by atoms with van der Waals surface area (Å²) in [5.41, 5.74) is 0. The van der Waals surface area contributed by atoms with Crippen LogP contribution < -0.4 is 5.32 Å². The van der Waals surface area contributed by atoms with E-state index in [1.165, 1.54) is 83.5 Å². The third-order valence-electron chi connectivity index (χ3n) is 4.36. The van der Waals surface area contributed by atoms with Crippen LogP contribution in [0.5, 0.6) is 0 Å². The molecule has 0 spiro atoms. The molecule has 0 atom stereocenters. The molecule has 23 heavy (non-hydrogen) atoms. The zero-order valence-electron chi connectivity index (χ0n) is 15.8. The van der Waals surface area contributed by atoms with Crippen molar-refractivity contribution in [1.82, 2.24) is 5.32 Å². The fraction of sp³-hybridized carbons (Fsp3) is 1.00. The molecule has 1 saturated heterocycles. The number of hydrogen-bond donors (Lipinski definition) is 2. The van der Waals surface area contributed by atoms with Crippen molar-refractivity contribution in [2.75, 3.05) is 32.9 Å². The van der Waals surface area contributed by atoms with Crippen LogP contribution in [-0.2, 0) is 4.74 Å². The predicted molar refractivity (Wildman–Crippen MR) is 101 cm³/mol. The lowest BCUT2D eigenvalue weighted by molar-refractivity contribution is 0.109.